The molecular weight excluding hydrogens is 302 g/mol. The van der Waals surface area contributed by atoms with Gasteiger partial charge in [0, 0.05) is 17.2 Å². The average molecular weight is 327 g/mol. The van der Waals surface area contributed by atoms with Gasteiger partial charge in [0.05, 0.1) is 5.69 Å². The van der Waals surface area contributed by atoms with Crippen molar-refractivity contribution in [3.8, 4) is 22.4 Å². The fourth-order valence-corrected chi connectivity index (χ4v) is 3.97. The second-order valence-corrected chi connectivity index (χ2v) is 8.06. The predicted molar refractivity (Wildman–Crippen MR) is 106 cm³/mol. The van der Waals surface area contributed by atoms with Gasteiger partial charge in [-0.25, -0.2) is 0 Å². The quantitative estimate of drug-likeness (QED) is 0.524. The molecule has 0 spiro atoms. The van der Waals surface area contributed by atoms with Gasteiger partial charge in [0.15, 0.2) is 0 Å². The second-order valence-electron chi connectivity index (χ2n) is 8.06. The molecule has 25 heavy (non-hydrogen) atoms. The van der Waals surface area contributed by atoms with Gasteiger partial charge in [-0.2, -0.15) is 0 Å². The molecule has 0 aliphatic heterocycles. The van der Waals surface area contributed by atoms with Crippen molar-refractivity contribution in [2.45, 2.75) is 46.0 Å². The molecule has 0 amide bonds. The van der Waals surface area contributed by atoms with Gasteiger partial charge in [0.1, 0.15) is 0 Å². The van der Waals surface area contributed by atoms with Gasteiger partial charge in [-0.1, -0.05) is 63.6 Å². The van der Waals surface area contributed by atoms with Crippen molar-refractivity contribution >= 4 is 0 Å². The third kappa shape index (κ3) is 2.50. The predicted octanol–water partition coefficient (Wildman–Crippen LogP) is 6.49. The summed E-state index contributed by atoms with van der Waals surface area (Å²) in [5.41, 5.74) is 10.5. The third-order valence-corrected chi connectivity index (χ3v) is 5.58. The van der Waals surface area contributed by atoms with Gasteiger partial charge in [0.2, 0.25) is 0 Å². The zero-order valence-electron chi connectivity index (χ0n) is 15.7. The summed E-state index contributed by atoms with van der Waals surface area (Å²) in [5, 5.41) is 0. The smallest absolute Gasteiger partial charge is 0.0704 e. The van der Waals surface area contributed by atoms with Gasteiger partial charge >= 0.3 is 0 Å². The Balaban J connectivity index is 1.86. The highest BCUT2D eigenvalue weighted by molar-refractivity contribution is 5.83. The summed E-state index contributed by atoms with van der Waals surface area (Å²) >= 11 is 0. The molecule has 1 aliphatic carbocycles. The van der Waals surface area contributed by atoms with Gasteiger partial charge in [-0.15, -0.1) is 0 Å². The molecule has 3 aromatic rings. The SMILES string of the molecule is Cc1ccc2c(c1)C(C)(C)c1cc(-c3cc(C(C)C)ccn3)ccc1-2. The minimum Gasteiger partial charge on any atom is -0.256 e. The lowest BCUT2D eigenvalue weighted by atomic mass is 9.81. The average Bonchev–Trinajstić information content (AvgIpc) is 2.82. The molecule has 2 aromatic carbocycles. The first-order valence-corrected chi connectivity index (χ1v) is 9.10. The van der Waals surface area contributed by atoms with E-state index >= 15 is 0 Å². The summed E-state index contributed by atoms with van der Waals surface area (Å²) in [6.45, 7) is 11.3. The summed E-state index contributed by atoms with van der Waals surface area (Å²) in [6, 6.07) is 18.0. The molecule has 1 aromatic heterocycles. The molecule has 0 saturated heterocycles. The monoisotopic (exact) mass is 327 g/mol. The number of pyridine rings is 1. The van der Waals surface area contributed by atoms with Gasteiger partial charge < -0.3 is 0 Å². The standard InChI is InChI=1S/C24H25N/c1-15(2)17-10-11-25-23(14-17)18-7-9-20-19-8-6-16(3)12-21(19)24(4,5)22(20)13-18/h6-15H,1-5H3. The number of hydrogen-bond acceptors (Lipinski definition) is 1. The molecule has 0 radical (unpaired) electrons. The molecule has 1 heteroatoms. The molecular formula is C24H25N. The lowest BCUT2D eigenvalue weighted by Gasteiger charge is -2.22. The van der Waals surface area contributed by atoms with E-state index in [4.69, 9.17) is 0 Å². The number of aromatic nitrogens is 1. The summed E-state index contributed by atoms with van der Waals surface area (Å²) < 4.78 is 0. The normalized spacial score (nSPS) is 14.5. The Bertz CT molecular complexity index is 964. The van der Waals surface area contributed by atoms with E-state index in [1.165, 1.54) is 38.9 Å². The molecule has 0 bridgehead atoms. The van der Waals surface area contributed by atoms with Crippen LogP contribution >= 0.6 is 0 Å². The number of hydrogen-bond donors (Lipinski definition) is 0. The minimum atomic E-state index is 0.0301. The molecule has 0 unspecified atom stereocenters. The van der Waals surface area contributed by atoms with Crippen LogP contribution in [0.4, 0.5) is 0 Å². The molecule has 4 rings (SSSR count). The van der Waals surface area contributed by atoms with Crippen LogP contribution < -0.4 is 0 Å². The molecule has 1 heterocycles. The molecule has 1 nitrogen and oxygen atoms in total. The first kappa shape index (κ1) is 16.1. The minimum absolute atomic E-state index is 0.0301. The van der Waals surface area contributed by atoms with Gasteiger partial charge in [0.25, 0.3) is 0 Å². The fraction of sp³-hybridized carbons (Fsp3) is 0.292. The van der Waals surface area contributed by atoms with E-state index in [-0.39, 0.29) is 5.41 Å². The Labute approximate surface area is 150 Å². The third-order valence-electron chi connectivity index (χ3n) is 5.58. The highest BCUT2D eigenvalue weighted by Crippen LogP contribution is 2.49. The van der Waals surface area contributed by atoms with E-state index in [0.29, 0.717) is 5.92 Å². The second kappa shape index (κ2) is 5.56. The Kier molecular flexibility index (Phi) is 3.57. The van der Waals surface area contributed by atoms with Gasteiger partial charge in [-0.05, 0) is 58.9 Å². The van der Waals surface area contributed by atoms with Crippen molar-refractivity contribution < 1.29 is 0 Å². The van der Waals surface area contributed by atoms with Crippen molar-refractivity contribution in [3.05, 3.63) is 77.0 Å². The first-order chi connectivity index (χ1) is 11.9. The van der Waals surface area contributed by atoms with Crippen molar-refractivity contribution in [1.29, 1.82) is 0 Å². The van der Waals surface area contributed by atoms with Crippen molar-refractivity contribution in [2.24, 2.45) is 0 Å². The fourth-order valence-electron chi connectivity index (χ4n) is 3.97. The van der Waals surface area contributed by atoms with E-state index in [1.807, 2.05) is 6.20 Å². The zero-order valence-corrected chi connectivity index (χ0v) is 15.7. The van der Waals surface area contributed by atoms with Crippen LogP contribution in [0.5, 0.6) is 0 Å². The summed E-state index contributed by atoms with van der Waals surface area (Å²) in [5.74, 6) is 0.514. The summed E-state index contributed by atoms with van der Waals surface area (Å²) in [4.78, 5) is 4.63. The number of aryl methyl sites for hydroxylation is 1. The Hall–Kier alpha value is -2.41. The molecule has 0 N–H and O–H groups in total. The van der Waals surface area contributed by atoms with Crippen LogP contribution in [0.1, 0.15) is 55.9 Å². The highest BCUT2D eigenvalue weighted by Gasteiger charge is 2.35. The van der Waals surface area contributed by atoms with Gasteiger partial charge in [-0.3, -0.25) is 4.98 Å². The maximum absolute atomic E-state index is 4.63. The van der Waals surface area contributed by atoms with Crippen LogP contribution in [0.15, 0.2) is 54.7 Å². The highest BCUT2D eigenvalue weighted by atomic mass is 14.7. The van der Waals surface area contributed by atoms with Crippen LogP contribution in [-0.2, 0) is 5.41 Å². The molecule has 0 fully saturated rings. The maximum atomic E-state index is 4.63. The zero-order chi connectivity index (χ0) is 17.8. The van der Waals surface area contributed by atoms with E-state index in [1.54, 1.807) is 0 Å². The topological polar surface area (TPSA) is 12.9 Å². The molecule has 0 atom stereocenters. The van der Waals surface area contributed by atoms with Crippen LogP contribution in [0.3, 0.4) is 0 Å². The lowest BCUT2D eigenvalue weighted by molar-refractivity contribution is 0.660. The lowest BCUT2D eigenvalue weighted by Crippen LogP contribution is -2.15. The van der Waals surface area contributed by atoms with Crippen LogP contribution in [0.2, 0.25) is 0 Å². The van der Waals surface area contributed by atoms with Crippen molar-refractivity contribution in [1.82, 2.24) is 4.98 Å². The summed E-state index contributed by atoms with van der Waals surface area (Å²) in [6.07, 6.45) is 1.93. The molecule has 126 valence electrons. The Morgan fingerprint density at radius 3 is 2.24 bits per heavy atom. The molecule has 0 saturated carbocycles. The Morgan fingerprint density at radius 1 is 0.840 bits per heavy atom. The summed E-state index contributed by atoms with van der Waals surface area (Å²) in [7, 11) is 0. The van der Waals surface area contributed by atoms with Crippen LogP contribution in [-0.4, -0.2) is 4.98 Å². The number of benzene rings is 2. The Morgan fingerprint density at radius 2 is 1.52 bits per heavy atom. The maximum Gasteiger partial charge on any atom is 0.0704 e. The van der Waals surface area contributed by atoms with Crippen molar-refractivity contribution in [2.75, 3.05) is 0 Å². The number of fused-ring (bicyclic) bond motifs is 3. The van der Waals surface area contributed by atoms with E-state index in [2.05, 4.69) is 88.1 Å². The van der Waals surface area contributed by atoms with Crippen molar-refractivity contribution in [3.63, 3.8) is 0 Å². The first-order valence-electron chi connectivity index (χ1n) is 9.10. The molecule has 1 aliphatic rings. The van der Waals surface area contributed by atoms with Crippen LogP contribution in [0, 0.1) is 6.92 Å². The van der Waals surface area contributed by atoms with E-state index in [9.17, 15) is 0 Å². The largest absolute Gasteiger partial charge is 0.256 e. The van der Waals surface area contributed by atoms with E-state index < -0.39 is 0 Å². The number of rotatable bonds is 2. The van der Waals surface area contributed by atoms with E-state index in [0.717, 1.165) is 5.69 Å². The van der Waals surface area contributed by atoms with Crippen LogP contribution in [0.25, 0.3) is 22.4 Å². The number of nitrogens with zero attached hydrogens (tertiary/aromatic N) is 1.